The minimum absolute atomic E-state index is 0.0952. The minimum atomic E-state index is -0.634. The Morgan fingerprint density at radius 3 is 2.33 bits per heavy atom. The van der Waals surface area contributed by atoms with Crippen LogP contribution in [0.2, 0.25) is 0 Å². The van der Waals surface area contributed by atoms with Crippen LogP contribution in [-0.4, -0.2) is 36.0 Å². The summed E-state index contributed by atoms with van der Waals surface area (Å²) in [5.74, 6) is -0.0952. The van der Waals surface area contributed by atoms with E-state index >= 15 is 0 Å². The summed E-state index contributed by atoms with van der Waals surface area (Å²) in [5, 5.41) is 12.1. The van der Waals surface area contributed by atoms with Crippen molar-refractivity contribution in [1.82, 2.24) is 10.2 Å². The van der Waals surface area contributed by atoms with Crippen LogP contribution in [0.3, 0.4) is 0 Å². The second kappa shape index (κ2) is 6.97. The topological polar surface area (TPSA) is 56.1 Å². The molecular weight excluding hydrogens is 226 g/mol. The number of rotatable bonds is 7. The van der Waals surface area contributed by atoms with Crippen molar-refractivity contribution in [3.63, 3.8) is 0 Å². The SMILES string of the molecule is C=CCN(CC=C)CC(=O)NC1(C#N)CCCC1. The Morgan fingerprint density at radius 1 is 1.33 bits per heavy atom. The van der Waals surface area contributed by atoms with E-state index in [4.69, 9.17) is 0 Å². The fourth-order valence-electron chi connectivity index (χ4n) is 2.32. The highest BCUT2D eigenvalue weighted by molar-refractivity contribution is 5.79. The van der Waals surface area contributed by atoms with Crippen LogP contribution in [0.25, 0.3) is 0 Å². The molecule has 4 heteroatoms. The molecule has 1 aliphatic carbocycles. The Balaban J connectivity index is 2.51. The number of nitrogens with zero attached hydrogens (tertiary/aromatic N) is 2. The van der Waals surface area contributed by atoms with Crippen LogP contribution in [0.1, 0.15) is 25.7 Å². The molecule has 0 atom stereocenters. The van der Waals surface area contributed by atoms with Crippen LogP contribution in [0.15, 0.2) is 25.3 Å². The second-order valence-electron chi connectivity index (χ2n) is 4.72. The highest BCUT2D eigenvalue weighted by Gasteiger charge is 2.35. The van der Waals surface area contributed by atoms with Crippen LogP contribution in [0.4, 0.5) is 0 Å². The Hall–Kier alpha value is -1.60. The second-order valence-corrected chi connectivity index (χ2v) is 4.72. The number of nitrogens with one attached hydrogen (secondary N) is 1. The first kappa shape index (κ1) is 14.5. The maximum Gasteiger partial charge on any atom is 0.235 e. The Bertz CT molecular complexity index is 341. The average Bonchev–Trinajstić information content (AvgIpc) is 2.78. The van der Waals surface area contributed by atoms with E-state index in [2.05, 4.69) is 24.5 Å². The summed E-state index contributed by atoms with van der Waals surface area (Å²) in [7, 11) is 0. The molecule has 1 N–H and O–H groups in total. The van der Waals surface area contributed by atoms with Gasteiger partial charge >= 0.3 is 0 Å². The van der Waals surface area contributed by atoms with Crippen molar-refractivity contribution < 1.29 is 4.79 Å². The Kier molecular flexibility index (Phi) is 5.60. The van der Waals surface area contributed by atoms with Gasteiger partial charge in [-0.25, -0.2) is 0 Å². The molecule has 0 spiro atoms. The summed E-state index contributed by atoms with van der Waals surface area (Å²) in [6.45, 7) is 8.88. The van der Waals surface area contributed by atoms with Crippen molar-refractivity contribution in [1.29, 1.82) is 5.26 Å². The Labute approximate surface area is 109 Å². The van der Waals surface area contributed by atoms with Crippen molar-refractivity contribution >= 4 is 5.91 Å². The summed E-state index contributed by atoms with van der Waals surface area (Å²) >= 11 is 0. The molecule has 0 aromatic carbocycles. The summed E-state index contributed by atoms with van der Waals surface area (Å²) in [6.07, 6.45) is 7.06. The molecule has 0 aromatic heterocycles. The molecule has 0 saturated heterocycles. The fourth-order valence-corrected chi connectivity index (χ4v) is 2.32. The van der Waals surface area contributed by atoms with Crippen LogP contribution in [-0.2, 0) is 4.79 Å². The lowest BCUT2D eigenvalue weighted by molar-refractivity contribution is -0.123. The van der Waals surface area contributed by atoms with E-state index in [-0.39, 0.29) is 12.5 Å². The van der Waals surface area contributed by atoms with Crippen molar-refractivity contribution in [3.8, 4) is 6.07 Å². The van der Waals surface area contributed by atoms with E-state index in [1.807, 2.05) is 4.90 Å². The van der Waals surface area contributed by atoms with Gasteiger partial charge in [0.25, 0.3) is 0 Å². The molecule has 1 rings (SSSR count). The molecule has 1 amide bonds. The summed E-state index contributed by atoms with van der Waals surface area (Å²) in [5.41, 5.74) is -0.634. The van der Waals surface area contributed by atoms with Gasteiger partial charge in [0.1, 0.15) is 5.54 Å². The summed E-state index contributed by atoms with van der Waals surface area (Å²) in [4.78, 5) is 13.9. The number of carbonyl (C=O) groups excluding carboxylic acids is 1. The van der Waals surface area contributed by atoms with E-state index in [1.165, 1.54) is 0 Å². The Morgan fingerprint density at radius 2 is 1.89 bits per heavy atom. The molecule has 1 fully saturated rings. The largest absolute Gasteiger partial charge is 0.337 e. The van der Waals surface area contributed by atoms with Crippen molar-refractivity contribution in [2.75, 3.05) is 19.6 Å². The van der Waals surface area contributed by atoms with E-state index in [0.29, 0.717) is 13.1 Å². The minimum Gasteiger partial charge on any atom is -0.337 e. The monoisotopic (exact) mass is 247 g/mol. The van der Waals surface area contributed by atoms with Gasteiger partial charge < -0.3 is 5.32 Å². The first-order valence-electron chi connectivity index (χ1n) is 6.32. The van der Waals surface area contributed by atoms with Crippen molar-refractivity contribution in [3.05, 3.63) is 25.3 Å². The van der Waals surface area contributed by atoms with Gasteiger partial charge in [-0.2, -0.15) is 5.26 Å². The van der Waals surface area contributed by atoms with Gasteiger partial charge in [-0.3, -0.25) is 9.69 Å². The first-order chi connectivity index (χ1) is 8.65. The molecule has 0 aliphatic heterocycles. The zero-order valence-electron chi connectivity index (χ0n) is 10.8. The van der Waals surface area contributed by atoms with Gasteiger partial charge in [0.2, 0.25) is 5.91 Å². The number of hydrogen-bond acceptors (Lipinski definition) is 3. The molecule has 18 heavy (non-hydrogen) atoms. The first-order valence-corrected chi connectivity index (χ1v) is 6.32. The van der Waals surface area contributed by atoms with Gasteiger partial charge in [-0.15, -0.1) is 13.2 Å². The quantitative estimate of drug-likeness (QED) is 0.695. The maximum atomic E-state index is 12.0. The zero-order valence-corrected chi connectivity index (χ0v) is 10.8. The number of nitriles is 1. The molecule has 0 radical (unpaired) electrons. The molecular formula is C14H21N3O. The van der Waals surface area contributed by atoms with Gasteiger partial charge in [-0.1, -0.05) is 12.2 Å². The van der Waals surface area contributed by atoms with E-state index in [9.17, 15) is 10.1 Å². The number of carbonyl (C=O) groups is 1. The van der Waals surface area contributed by atoms with Crippen LogP contribution in [0.5, 0.6) is 0 Å². The van der Waals surface area contributed by atoms with Crippen molar-refractivity contribution in [2.24, 2.45) is 0 Å². The molecule has 0 bridgehead atoms. The average molecular weight is 247 g/mol. The highest BCUT2D eigenvalue weighted by atomic mass is 16.2. The molecule has 4 nitrogen and oxygen atoms in total. The van der Waals surface area contributed by atoms with Crippen LogP contribution >= 0.6 is 0 Å². The summed E-state index contributed by atoms with van der Waals surface area (Å²) in [6, 6.07) is 2.25. The molecule has 1 aliphatic rings. The lowest BCUT2D eigenvalue weighted by Crippen LogP contribution is -2.49. The van der Waals surface area contributed by atoms with E-state index < -0.39 is 5.54 Å². The van der Waals surface area contributed by atoms with Gasteiger partial charge in [0, 0.05) is 13.1 Å². The van der Waals surface area contributed by atoms with Crippen molar-refractivity contribution in [2.45, 2.75) is 31.2 Å². The standard InChI is InChI=1S/C14H21N3O/c1-3-9-17(10-4-2)11-13(18)16-14(12-15)7-5-6-8-14/h3-4H,1-2,5-11H2,(H,16,18). The third-order valence-electron chi connectivity index (χ3n) is 3.19. The highest BCUT2D eigenvalue weighted by Crippen LogP contribution is 2.28. The van der Waals surface area contributed by atoms with E-state index in [0.717, 1.165) is 25.7 Å². The van der Waals surface area contributed by atoms with Crippen LogP contribution in [0, 0.1) is 11.3 Å². The molecule has 98 valence electrons. The van der Waals surface area contributed by atoms with Gasteiger partial charge in [0.15, 0.2) is 0 Å². The van der Waals surface area contributed by atoms with Gasteiger partial charge in [0.05, 0.1) is 12.6 Å². The summed E-state index contributed by atoms with van der Waals surface area (Å²) < 4.78 is 0. The lowest BCUT2D eigenvalue weighted by atomic mass is 10.00. The third kappa shape index (κ3) is 4.01. The fraction of sp³-hybridized carbons (Fsp3) is 0.571. The molecule has 1 saturated carbocycles. The molecule has 0 aromatic rings. The number of hydrogen-bond donors (Lipinski definition) is 1. The van der Waals surface area contributed by atoms with E-state index in [1.54, 1.807) is 12.2 Å². The zero-order chi connectivity index (χ0) is 13.4. The van der Waals surface area contributed by atoms with Crippen LogP contribution < -0.4 is 5.32 Å². The predicted octanol–water partition coefficient (Wildman–Crippen LogP) is 1.61. The lowest BCUT2D eigenvalue weighted by Gasteiger charge is -2.24. The van der Waals surface area contributed by atoms with Gasteiger partial charge in [-0.05, 0) is 25.7 Å². The maximum absolute atomic E-state index is 12.0. The molecule has 0 heterocycles. The molecule has 0 unspecified atom stereocenters. The number of amides is 1. The third-order valence-corrected chi connectivity index (χ3v) is 3.19. The predicted molar refractivity (Wildman–Crippen MR) is 71.8 cm³/mol. The smallest absolute Gasteiger partial charge is 0.235 e. The normalized spacial score (nSPS) is 17.1.